The van der Waals surface area contributed by atoms with Crippen LogP contribution in [0.5, 0.6) is 0 Å². The zero-order chi connectivity index (χ0) is 18.0. The van der Waals surface area contributed by atoms with E-state index in [0.29, 0.717) is 31.6 Å². The van der Waals surface area contributed by atoms with Crippen molar-refractivity contribution in [1.82, 2.24) is 19.4 Å². The van der Waals surface area contributed by atoms with Crippen molar-refractivity contribution in [2.24, 2.45) is 13.0 Å². The molecule has 1 N–H and O–H groups in total. The smallest absolute Gasteiger partial charge is 0.246 e. The lowest BCUT2D eigenvalue weighted by molar-refractivity contribution is -0.126. The van der Waals surface area contributed by atoms with E-state index >= 15 is 0 Å². The second-order valence-corrected chi connectivity index (χ2v) is 9.16. The van der Waals surface area contributed by atoms with Gasteiger partial charge in [-0.2, -0.15) is 9.40 Å². The van der Waals surface area contributed by atoms with Gasteiger partial charge in [-0.15, -0.1) is 11.3 Å². The van der Waals surface area contributed by atoms with Crippen molar-refractivity contribution in [3.05, 3.63) is 34.3 Å². The topological polar surface area (TPSA) is 84.3 Å². The molecule has 3 rings (SSSR count). The highest BCUT2D eigenvalue weighted by Crippen LogP contribution is 2.25. The van der Waals surface area contributed by atoms with Gasteiger partial charge < -0.3 is 5.32 Å². The van der Waals surface area contributed by atoms with Crippen molar-refractivity contribution >= 4 is 27.3 Å². The van der Waals surface area contributed by atoms with Gasteiger partial charge in [0.2, 0.25) is 15.9 Å². The van der Waals surface area contributed by atoms with Crippen molar-refractivity contribution in [2.75, 3.05) is 13.1 Å². The molecule has 1 saturated heterocycles. The number of piperidine rings is 1. The third kappa shape index (κ3) is 3.78. The Kier molecular flexibility index (Phi) is 5.26. The molecule has 1 aliphatic rings. The van der Waals surface area contributed by atoms with Gasteiger partial charge in [0.1, 0.15) is 4.90 Å². The van der Waals surface area contributed by atoms with Gasteiger partial charge in [-0.3, -0.25) is 9.48 Å². The summed E-state index contributed by atoms with van der Waals surface area (Å²) in [4.78, 5) is 13.7. The molecule has 0 spiro atoms. The Labute approximate surface area is 151 Å². The summed E-state index contributed by atoms with van der Waals surface area (Å²) < 4.78 is 28.7. The fourth-order valence-corrected chi connectivity index (χ4v) is 5.33. The Hall–Kier alpha value is -1.71. The zero-order valence-electron chi connectivity index (χ0n) is 14.3. The highest BCUT2D eigenvalue weighted by Gasteiger charge is 2.34. The summed E-state index contributed by atoms with van der Waals surface area (Å²) in [6, 6.07) is 3.91. The largest absolute Gasteiger partial charge is 0.351 e. The number of amides is 1. The Bertz CT molecular complexity index is 843. The van der Waals surface area contributed by atoms with Gasteiger partial charge in [0.25, 0.3) is 0 Å². The SMILES string of the molecule is Cc1c(S(=O)(=O)N2CCC[C@H](C(=O)NCc3cccs3)C2)cnn1C. The summed E-state index contributed by atoms with van der Waals surface area (Å²) in [5.41, 5.74) is 0.601. The van der Waals surface area contributed by atoms with Gasteiger partial charge in [-0.25, -0.2) is 8.42 Å². The van der Waals surface area contributed by atoms with Gasteiger partial charge >= 0.3 is 0 Å². The van der Waals surface area contributed by atoms with E-state index in [2.05, 4.69) is 10.4 Å². The minimum atomic E-state index is -3.62. The summed E-state index contributed by atoms with van der Waals surface area (Å²) in [6.45, 7) is 2.87. The van der Waals surface area contributed by atoms with E-state index in [1.807, 2.05) is 17.5 Å². The molecule has 0 unspecified atom stereocenters. The minimum Gasteiger partial charge on any atom is -0.351 e. The molecule has 1 aliphatic heterocycles. The van der Waals surface area contributed by atoms with Crippen LogP contribution in [0.4, 0.5) is 0 Å². The summed E-state index contributed by atoms with van der Waals surface area (Å²) in [6.07, 6.45) is 2.76. The number of thiophene rings is 1. The van der Waals surface area contributed by atoms with Crippen molar-refractivity contribution in [2.45, 2.75) is 31.2 Å². The highest BCUT2D eigenvalue weighted by molar-refractivity contribution is 7.89. The number of aromatic nitrogens is 2. The normalized spacial score (nSPS) is 19.0. The third-order valence-corrected chi connectivity index (χ3v) is 7.42. The molecule has 2 aromatic rings. The molecule has 0 saturated carbocycles. The molecule has 3 heterocycles. The highest BCUT2D eigenvalue weighted by atomic mass is 32.2. The Morgan fingerprint density at radius 1 is 1.48 bits per heavy atom. The molecule has 0 aromatic carbocycles. The van der Waals surface area contributed by atoms with Crippen LogP contribution in [0.25, 0.3) is 0 Å². The van der Waals surface area contributed by atoms with Crippen LogP contribution in [0.3, 0.4) is 0 Å². The molecule has 25 heavy (non-hydrogen) atoms. The fraction of sp³-hybridized carbons (Fsp3) is 0.500. The molecular weight excluding hydrogens is 360 g/mol. The van der Waals surface area contributed by atoms with Crippen LogP contribution < -0.4 is 5.32 Å². The van der Waals surface area contributed by atoms with Gasteiger partial charge in [0.05, 0.1) is 24.4 Å². The Morgan fingerprint density at radius 2 is 2.28 bits per heavy atom. The summed E-state index contributed by atoms with van der Waals surface area (Å²) in [5, 5.41) is 8.90. The van der Waals surface area contributed by atoms with Gasteiger partial charge in [0, 0.05) is 25.0 Å². The van der Waals surface area contributed by atoms with Crippen LogP contribution in [0.2, 0.25) is 0 Å². The van der Waals surface area contributed by atoms with E-state index < -0.39 is 10.0 Å². The van der Waals surface area contributed by atoms with E-state index in [0.717, 1.165) is 4.88 Å². The molecule has 1 atom stereocenters. The first-order valence-electron chi connectivity index (χ1n) is 8.18. The van der Waals surface area contributed by atoms with Crippen LogP contribution >= 0.6 is 11.3 Å². The average molecular weight is 383 g/mol. The number of nitrogens with one attached hydrogen (secondary N) is 1. The van der Waals surface area contributed by atoms with Gasteiger partial charge in [0.15, 0.2) is 0 Å². The van der Waals surface area contributed by atoms with Crippen LogP contribution in [0.15, 0.2) is 28.6 Å². The molecule has 1 fully saturated rings. The number of hydrogen-bond donors (Lipinski definition) is 1. The van der Waals surface area contributed by atoms with E-state index in [1.165, 1.54) is 10.5 Å². The quantitative estimate of drug-likeness (QED) is 0.849. The lowest BCUT2D eigenvalue weighted by Gasteiger charge is -2.31. The van der Waals surface area contributed by atoms with E-state index in [4.69, 9.17) is 0 Å². The molecular formula is C16H22N4O3S2. The number of sulfonamides is 1. The lowest BCUT2D eigenvalue weighted by atomic mass is 9.99. The Morgan fingerprint density at radius 3 is 2.92 bits per heavy atom. The number of carbonyl (C=O) groups is 1. The number of rotatable bonds is 5. The van der Waals surface area contributed by atoms with Crippen LogP contribution in [-0.2, 0) is 28.4 Å². The second kappa shape index (κ2) is 7.27. The first kappa shape index (κ1) is 18.1. The number of aryl methyl sites for hydroxylation is 1. The van der Waals surface area contributed by atoms with E-state index in [1.54, 1.807) is 30.0 Å². The van der Waals surface area contributed by atoms with Crippen molar-refractivity contribution < 1.29 is 13.2 Å². The maximum atomic E-state index is 12.9. The fourth-order valence-electron chi connectivity index (χ4n) is 2.98. The monoisotopic (exact) mass is 382 g/mol. The molecule has 0 bridgehead atoms. The Balaban J connectivity index is 1.68. The number of hydrogen-bond acceptors (Lipinski definition) is 5. The third-order valence-electron chi connectivity index (χ3n) is 4.58. The van der Waals surface area contributed by atoms with E-state index in [-0.39, 0.29) is 23.3 Å². The van der Waals surface area contributed by atoms with Crippen LogP contribution in [-0.4, -0.2) is 41.5 Å². The van der Waals surface area contributed by atoms with Crippen molar-refractivity contribution in [3.8, 4) is 0 Å². The maximum Gasteiger partial charge on any atom is 0.246 e. The summed E-state index contributed by atoms with van der Waals surface area (Å²) in [5.74, 6) is -0.406. The standard InChI is InChI=1S/C16H22N4O3S2/c1-12-15(10-18-19(12)2)25(22,23)20-7-3-5-13(11-20)16(21)17-9-14-6-4-8-24-14/h4,6,8,10,13H,3,5,7,9,11H2,1-2H3,(H,17,21)/t13-/m0/s1. The van der Waals surface area contributed by atoms with Crippen LogP contribution in [0, 0.1) is 12.8 Å². The van der Waals surface area contributed by atoms with Gasteiger partial charge in [-0.1, -0.05) is 6.07 Å². The molecule has 0 aliphatic carbocycles. The first-order valence-corrected chi connectivity index (χ1v) is 10.5. The maximum absolute atomic E-state index is 12.9. The number of nitrogens with zero attached hydrogens (tertiary/aromatic N) is 3. The second-order valence-electron chi connectivity index (χ2n) is 6.22. The average Bonchev–Trinajstić information content (AvgIpc) is 3.24. The number of carbonyl (C=O) groups excluding carboxylic acids is 1. The zero-order valence-corrected chi connectivity index (χ0v) is 15.9. The molecule has 1 amide bonds. The molecule has 2 aromatic heterocycles. The summed E-state index contributed by atoms with van der Waals surface area (Å²) in [7, 11) is -1.91. The summed E-state index contributed by atoms with van der Waals surface area (Å²) >= 11 is 1.59. The lowest BCUT2D eigenvalue weighted by Crippen LogP contribution is -2.45. The molecule has 7 nitrogen and oxygen atoms in total. The molecule has 0 radical (unpaired) electrons. The van der Waals surface area contributed by atoms with Crippen LogP contribution in [0.1, 0.15) is 23.4 Å². The van der Waals surface area contributed by atoms with Crippen molar-refractivity contribution in [3.63, 3.8) is 0 Å². The predicted octanol–water partition coefficient (Wildman–Crippen LogP) is 1.51. The molecule has 136 valence electrons. The van der Waals surface area contributed by atoms with Gasteiger partial charge in [-0.05, 0) is 31.2 Å². The molecule has 9 heteroatoms. The first-order chi connectivity index (χ1) is 11.9. The predicted molar refractivity (Wildman–Crippen MR) is 95.6 cm³/mol. The minimum absolute atomic E-state index is 0.0868. The van der Waals surface area contributed by atoms with Crippen molar-refractivity contribution in [1.29, 1.82) is 0 Å². The van der Waals surface area contributed by atoms with E-state index in [9.17, 15) is 13.2 Å².